The summed E-state index contributed by atoms with van der Waals surface area (Å²) >= 11 is 3.07. The summed E-state index contributed by atoms with van der Waals surface area (Å²) in [7, 11) is 0. The van der Waals surface area contributed by atoms with Gasteiger partial charge in [0.2, 0.25) is 0 Å². The Morgan fingerprint density at radius 2 is 1.67 bits per heavy atom. The first-order valence-electron chi connectivity index (χ1n) is 5.64. The Labute approximate surface area is 126 Å². The molecule has 0 saturated heterocycles. The van der Waals surface area contributed by atoms with Crippen LogP contribution in [0, 0.1) is 17.5 Å². The van der Waals surface area contributed by atoms with E-state index in [0.717, 1.165) is 18.2 Å². The van der Waals surface area contributed by atoms with Gasteiger partial charge in [-0.15, -0.1) is 0 Å². The van der Waals surface area contributed by atoms with Gasteiger partial charge >= 0.3 is 0 Å². The van der Waals surface area contributed by atoms with Gasteiger partial charge in [-0.05, 0) is 30.3 Å². The molecule has 2 aromatic carbocycles. The smallest absolute Gasteiger partial charge is 0.255 e. The summed E-state index contributed by atoms with van der Waals surface area (Å²) in [6, 6.07) is 5.58. The number of carbonyl (C=O) groups is 1. The van der Waals surface area contributed by atoms with Crippen LogP contribution in [0.15, 0.2) is 34.8 Å². The molecular formula is C13H9BrF3N3O. The lowest BCUT2D eigenvalue weighted by atomic mass is 10.1. The zero-order valence-corrected chi connectivity index (χ0v) is 12.0. The molecule has 8 heteroatoms. The predicted octanol–water partition coefficient (Wildman–Crippen LogP) is 3.40. The maximum atomic E-state index is 13.6. The second kappa shape index (κ2) is 6.15. The van der Waals surface area contributed by atoms with Crippen LogP contribution in [-0.4, -0.2) is 5.91 Å². The third-order valence-electron chi connectivity index (χ3n) is 2.63. The van der Waals surface area contributed by atoms with Gasteiger partial charge in [0, 0.05) is 10.0 Å². The van der Waals surface area contributed by atoms with Gasteiger partial charge in [-0.1, -0.05) is 15.9 Å². The molecule has 0 spiro atoms. The lowest BCUT2D eigenvalue weighted by Crippen LogP contribution is -2.16. The van der Waals surface area contributed by atoms with E-state index >= 15 is 0 Å². The van der Waals surface area contributed by atoms with E-state index in [2.05, 4.69) is 21.2 Å². The second-order valence-electron chi connectivity index (χ2n) is 4.04. The molecule has 0 aromatic heterocycles. The Bertz CT molecular complexity index is 686. The number of hydrogen-bond acceptors (Lipinski definition) is 3. The Hall–Kier alpha value is -2.06. The number of benzene rings is 2. The van der Waals surface area contributed by atoms with Crippen LogP contribution in [0.2, 0.25) is 0 Å². The van der Waals surface area contributed by atoms with Gasteiger partial charge in [0.1, 0.15) is 11.5 Å². The highest BCUT2D eigenvalue weighted by molar-refractivity contribution is 9.10. The van der Waals surface area contributed by atoms with Crippen molar-refractivity contribution >= 4 is 33.2 Å². The molecular weight excluding hydrogens is 351 g/mol. The number of rotatable bonds is 3. The van der Waals surface area contributed by atoms with Crippen LogP contribution in [-0.2, 0) is 0 Å². The lowest BCUT2D eigenvalue weighted by Gasteiger charge is -2.09. The van der Waals surface area contributed by atoms with E-state index in [1.165, 1.54) is 12.1 Å². The normalized spacial score (nSPS) is 10.3. The molecule has 110 valence electrons. The van der Waals surface area contributed by atoms with Gasteiger partial charge in [-0.25, -0.2) is 13.2 Å². The minimum Gasteiger partial charge on any atom is -0.319 e. The first-order valence-corrected chi connectivity index (χ1v) is 6.43. The molecule has 0 aliphatic carbocycles. The summed E-state index contributed by atoms with van der Waals surface area (Å²) in [5.74, 6) is 1.36. The van der Waals surface area contributed by atoms with E-state index in [1.54, 1.807) is 0 Å². The SMILES string of the molecule is NNc1c(F)cc(C(=O)Nc2ccc(Br)cc2F)cc1F. The molecule has 21 heavy (non-hydrogen) atoms. The number of nitrogens with one attached hydrogen (secondary N) is 2. The van der Waals surface area contributed by atoms with Crippen molar-refractivity contribution in [1.29, 1.82) is 0 Å². The van der Waals surface area contributed by atoms with E-state index in [-0.39, 0.29) is 11.3 Å². The fourth-order valence-corrected chi connectivity index (χ4v) is 1.96. The topological polar surface area (TPSA) is 67.1 Å². The van der Waals surface area contributed by atoms with Crippen molar-refractivity contribution in [2.24, 2.45) is 5.84 Å². The fourth-order valence-electron chi connectivity index (χ4n) is 1.63. The van der Waals surface area contributed by atoms with Crippen molar-refractivity contribution < 1.29 is 18.0 Å². The van der Waals surface area contributed by atoms with Gasteiger partial charge in [-0.2, -0.15) is 0 Å². The quantitative estimate of drug-likeness (QED) is 0.581. The fraction of sp³-hybridized carbons (Fsp3) is 0. The van der Waals surface area contributed by atoms with Crippen molar-refractivity contribution in [1.82, 2.24) is 0 Å². The standard InChI is InChI=1S/C13H9BrF3N3O/c14-7-1-2-11(8(15)5-7)19-13(21)6-3-9(16)12(20-18)10(17)4-6/h1-5,20H,18H2,(H,19,21). The van der Waals surface area contributed by atoms with Crippen LogP contribution in [0.4, 0.5) is 24.5 Å². The van der Waals surface area contributed by atoms with E-state index < -0.39 is 29.0 Å². The van der Waals surface area contributed by atoms with Crippen LogP contribution >= 0.6 is 15.9 Å². The molecule has 4 nitrogen and oxygen atoms in total. The average molecular weight is 360 g/mol. The van der Waals surface area contributed by atoms with Gasteiger partial charge in [0.05, 0.1) is 5.69 Å². The molecule has 0 heterocycles. The number of anilines is 2. The zero-order valence-electron chi connectivity index (χ0n) is 10.4. The number of hydrogen-bond donors (Lipinski definition) is 3. The molecule has 2 aromatic rings. The summed E-state index contributed by atoms with van der Waals surface area (Å²) in [6.45, 7) is 0. The summed E-state index contributed by atoms with van der Waals surface area (Å²) in [4.78, 5) is 11.9. The summed E-state index contributed by atoms with van der Waals surface area (Å²) < 4.78 is 41.1. The predicted molar refractivity (Wildman–Crippen MR) is 76.2 cm³/mol. The molecule has 1 amide bonds. The van der Waals surface area contributed by atoms with Crippen molar-refractivity contribution in [3.05, 3.63) is 57.8 Å². The van der Waals surface area contributed by atoms with Gasteiger partial charge < -0.3 is 10.7 Å². The second-order valence-corrected chi connectivity index (χ2v) is 4.95. The number of nitrogen functional groups attached to an aromatic ring is 1. The average Bonchev–Trinajstić information content (AvgIpc) is 2.41. The number of halogens is 4. The number of amides is 1. The molecule has 0 fully saturated rings. The highest BCUT2D eigenvalue weighted by Crippen LogP contribution is 2.22. The minimum atomic E-state index is -1.03. The van der Waals surface area contributed by atoms with E-state index in [1.807, 2.05) is 5.43 Å². The largest absolute Gasteiger partial charge is 0.319 e. The van der Waals surface area contributed by atoms with Crippen molar-refractivity contribution in [3.8, 4) is 0 Å². The van der Waals surface area contributed by atoms with E-state index in [4.69, 9.17) is 5.84 Å². The molecule has 0 aliphatic heterocycles. The highest BCUT2D eigenvalue weighted by atomic mass is 79.9. The Balaban J connectivity index is 2.28. The summed E-state index contributed by atoms with van der Waals surface area (Å²) in [5.41, 5.74) is 0.887. The Morgan fingerprint density at radius 1 is 1.05 bits per heavy atom. The Kier molecular flexibility index (Phi) is 4.49. The molecule has 0 atom stereocenters. The number of carbonyl (C=O) groups excluding carboxylic acids is 1. The molecule has 0 bridgehead atoms. The van der Waals surface area contributed by atoms with Crippen LogP contribution in [0.5, 0.6) is 0 Å². The maximum Gasteiger partial charge on any atom is 0.255 e. The van der Waals surface area contributed by atoms with Crippen LogP contribution < -0.4 is 16.6 Å². The Morgan fingerprint density at radius 3 is 2.19 bits per heavy atom. The summed E-state index contributed by atoms with van der Waals surface area (Å²) in [6.07, 6.45) is 0. The van der Waals surface area contributed by atoms with Crippen molar-refractivity contribution in [3.63, 3.8) is 0 Å². The van der Waals surface area contributed by atoms with E-state index in [0.29, 0.717) is 4.47 Å². The maximum absolute atomic E-state index is 13.6. The monoisotopic (exact) mass is 359 g/mol. The number of hydrazine groups is 1. The van der Waals surface area contributed by atoms with Gasteiger partial charge in [-0.3, -0.25) is 10.6 Å². The molecule has 0 unspecified atom stereocenters. The van der Waals surface area contributed by atoms with Crippen LogP contribution in [0.1, 0.15) is 10.4 Å². The minimum absolute atomic E-state index is 0.106. The molecule has 0 aliphatic rings. The first-order chi connectivity index (χ1) is 9.92. The van der Waals surface area contributed by atoms with Crippen LogP contribution in [0.25, 0.3) is 0 Å². The third kappa shape index (κ3) is 3.34. The number of nitrogens with two attached hydrogens (primary N) is 1. The van der Waals surface area contributed by atoms with Crippen molar-refractivity contribution in [2.45, 2.75) is 0 Å². The third-order valence-corrected chi connectivity index (χ3v) is 3.12. The van der Waals surface area contributed by atoms with Gasteiger partial charge in [0.15, 0.2) is 11.6 Å². The van der Waals surface area contributed by atoms with E-state index in [9.17, 15) is 18.0 Å². The zero-order chi connectivity index (χ0) is 15.6. The highest BCUT2D eigenvalue weighted by Gasteiger charge is 2.15. The van der Waals surface area contributed by atoms with Gasteiger partial charge in [0.25, 0.3) is 5.91 Å². The molecule has 4 N–H and O–H groups in total. The lowest BCUT2D eigenvalue weighted by molar-refractivity contribution is 0.102. The molecule has 0 saturated carbocycles. The summed E-state index contributed by atoms with van der Waals surface area (Å²) in [5, 5.41) is 2.23. The van der Waals surface area contributed by atoms with Crippen LogP contribution in [0.3, 0.4) is 0 Å². The first kappa shape index (κ1) is 15.3. The molecule has 0 radical (unpaired) electrons. The molecule has 2 rings (SSSR count). The van der Waals surface area contributed by atoms with Crippen molar-refractivity contribution in [2.75, 3.05) is 10.7 Å².